The van der Waals surface area contributed by atoms with E-state index in [1.807, 2.05) is 5.38 Å². The van der Waals surface area contributed by atoms with E-state index < -0.39 is 0 Å². The van der Waals surface area contributed by atoms with E-state index in [1.54, 1.807) is 40.5 Å². The van der Waals surface area contributed by atoms with E-state index in [0.29, 0.717) is 25.2 Å². The number of anilines is 1. The Labute approximate surface area is 132 Å². The van der Waals surface area contributed by atoms with Crippen molar-refractivity contribution in [3.05, 3.63) is 52.2 Å². The zero-order valence-electron chi connectivity index (χ0n) is 12.0. The maximum Gasteiger partial charge on any atom is 0.321 e. The zero-order chi connectivity index (χ0) is 15.4. The lowest BCUT2D eigenvalue weighted by molar-refractivity contribution is 0.0954. The van der Waals surface area contributed by atoms with Gasteiger partial charge in [-0.05, 0) is 53.1 Å². The SMILES string of the molecule is O=C(NCCc1ccsc1)c1ccc(N2CCNC2=O)cc1. The molecule has 2 aromatic rings. The van der Waals surface area contributed by atoms with Crippen LogP contribution in [0.5, 0.6) is 0 Å². The summed E-state index contributed by atoms with van der Waals surface area (Å²) in [6, 6.07) is 9.08. The molecule has 0 bridgehead atoms. The molecular weight excluding hydrogens is 298 g/mol. The van der Waals surface area contributed by atoms with Crippen LogP contribution in [0.1, 0.15) is 15.9 Å². The van der Waals surface area contributed by atoms with Crippen molar-refractivity contribution in [3.63, 3.8) is 0 Å². The number of nitrogens with zero attached hydrogens (tertiary/aromatic N) is 1. The van der Waals surface area contributed by atoms with Crippen LogP contribution in [0.25, 0.3) is 0 Å². The highest BCUT2D eigenvalue weighted by Crippen LogP contribution is 2.17. The van der Waals surface area contributed by atoms with Crippen LogP contribution in [-0.4, -0.2) is 31.6 Å². The van der Waals surface area contributed by atoms with E-state index in [0.717, 1.165) is 12.1 Å². The molecule has 2 N–H and O–H groups in total. The Hall–Kier alpha value is -2.34. The average Bonchev–Trinajstić information content (AvgIpc) is 3.19. The van der Waals surface area contributed by atoms with Crippen LogP contribution in [-0.2, 0) is 6.42 Å². The zero-order valence-corrected chi connectivity index (χ0v) is 12.9. The Morgan fingerprint density at radius 2 is 2.09 bits per heavy atom. The van der Waals surface area contributed by atoms with Gasteiger partial charge in [0.1, 0.15) is 0 Å². The Bertz CT molecular complexity index is 653. The quantitative estimate of drug-likeness (QED) is 0.889. The second-order valence-corrected chi connectivity index (χ2v) is 5.85. The number of urea groups is 1. The van der Waals surface area contributed by atoms with E-state index in [9.17, 15) is 9.59 Å². The van der Waals surface area contributed by atoms with Gasteiger partial charge >= 0.3 is 6.03 Å². The summed E-state index contributed by atoms with van der Waals surface area (Å²) in [5, 5.41) is 9.78. The molecule has 114 valence electrons. The highest BCUT2D eigenvalue weighted by Gasteiger charge is 2.21. The molecular formula is C16H17N3O2S. The van der Waals surface area contributed by atoms with Gasteiger partial charge in [-0.3, -0.25) is 9.69 Å². The molecule has 0 aliphatic carbocycles. The first-order valence-corrected chi connectivity index (χ1v) is 8.13. The van der Waals surface area contributed by atoms with Gasteiger partial charge in [-0.2, -0.15) is 11.3 Å². The summed E-state index contributed by atoms with van der Waals surface area (Å²) in [6.07, 6.45) is 0.835. The van der Waals surface area contributed by atoms with Crippen molar-refractivity contribution in [1.82, 2.24) is 10.6 Å². The van der Waals surface area contributed by atoms with Gasteiger partial charge < -0.3 is 10.6 Å². The minimum Gasteiger partial charge on any atom is -0.352 e. The summed E-state index contributed by atoms with van der Waals surface area (Å²) in [4.78, 5) is 25.3. The van der Waals surface area contributed by atoms with Crippen LogP contribution in [0.15, 0.2) is 41.1 Å². The van der Waals surface area contributed by atoms with Crippen molar-refractivity contribution < 1.29 is 9.59 Å². The summed E-state index contributed by atoms with van der Waals surface area (Å²) < 4.78 is 0. The highest BCUT2D eigenvalue weighted by molar-refractivity contribution is 7.07. The van der Waals surface area contributed by atoms with Crippen LogP contribution in [0.4, 0.5) is 10.5 Å². The summed E-state index contributed by atoms with van der Waals surface area (Å²) in [7, 11) is 0. The van der Waals surface area contributed by atoms with E-state index in [-0.39, 0.29) is 11.9 Å². The molecule has 22 heavy (non-hydrogen) atoms. The monoisotopic (exact) mass is 315 g/mol. The Balaban J connectivity index is 1.55. The normalized spacial score (nSPS) is 14.0. The van der Waals surface area contributed by atoms with Gasteiger partial charge in [-0.25, -0.2) is 4.79 Å². The molecule has 1 aromatic heterocycles. The first-order valence-electron chi connectivity index (χ1n) is 7.19. The number of nitrogens with one attached hydrogen (secondary N) is 2. The van der Waals surface area contributed by atoms with Crippen LogP contribution in [0, 0.1) is 0 Å². The van der Waals surface area contributed by atoms with Crippen molar-refractivity contribution in [2.45, 2.75) is 6.42 Å². The number of benzene rings is 1. The van der Waals surface area contributed by atoms with E-state index in [4.69, 9.17) is 0 Å². The molecule has 0 atom stereocenters. The van der Waals surface area contributed by atoms with Gasteiger partial charge in [0.25, 0.3) is 5.91 Å². The maximum atomic E-state index is 12.1. The summed E-state index contributed by atoms with van der Waals surface area (Å²) in [5.74, 6) is -0.0901. The number of rotatable bonds is 5. The number of hydrogen-bond acceptors (Lipinski definition) is 3. The van der Waals surface area contributed by atoms with Crippen molar-refractivity contribution >= 4 is 29.0 Å². The standard InChI is InChI=1S/C16H17N3O2S/c20-15(17-7-5-12-6-10-22-11-12)13-1-3-14(4-2-13)19-9-8-18-16(19)21/h1-4,6,10-11H,5,7-9H2,(H,17,20)(H,18,21). The van der Waals surface area contributed by atoms with Crippen LogP contribution < -0.4 is 15.5 Å². The topological polar surface area (TPSA) is 61.4 Å². The second-order valence-electron chi connectivity index (χ2n) is 5.07. The molecule has 0 spiro atoms. The molecule has 0 unspecified atom stereocenters. The Morgan fingerprint density at radius 1 is 1.27 bits per heavy atom. The lowest BCUT2D eigenvalue weighted by atomic mass is 10.1. The summed E-state index contributed by atoms with van der Waals surface area (Å²) >= 11 is 1.66. The third-order valence-electron chi connectivity index (χ3n) is 3.58. The summed E-state index contributed by atoms with van der Waals surface area (Å²) in [6.45, 7) is 1.93. The van der Waals surface area contributed by atoms with E-state index >= 15 is 0 Å². The Kier molecular flexibility index (Phi) is 4.39. The summed E-state index contributed by atoms with van der Waals surface area (Å²) in [5.41, 5.74) is 2.65. The molecule has 3 rings (SSSR count). The number of carbonyl (C=O) groups is 2. The lowest BCUT2D eigenvalue weighted by Gasteiger charge is -2.14. The van der Waals surface area contributed by atoms with E-state index in [2.05, 4.69) is 22.1 Å². The third-order valence-corrected chi connectivity index (χ3v) is 4.31. The molecule has 3 amide bonds. The largest absolute Gasteiger partial charge is 0.352 e. The minimum atomic E-state index is -0.0901. The fourth-order valence-corrected chi connectivity index (χ4v) is 3.07. The number of amides is 3. The fourth-order valence-electron chi connectivity index (χ4n) is 2.37. The molecule has 0 radical (unpaired) electrons. The van der Waals surface area contributed by atoms with Gasteiger partial charge in [-0.1, -0.05) is 0 Å². The average molecular weight is 315 g/mol. The fraction of sp³-hybridized carbons (Fsp3) is 0.250. The predicted octanol–water partition coefficient (Wildman–Crippen LogP) is 2.25. The van der Waals surface area contributed by atoms with Crippen molar-refractivity contribution in [1.29, 1.82) is 0 Å². The Morgan fingerprint density at radius 3 is 2.73 bits per heavy atom. The molecule has 1 aliphatic rings. The van der Waals surface area contributed by atoms with E-state index in [1.165, 1.54) is 5.56 Å². The predicted molar refractivity (Wildman–Crippen MR) is 87.5 cm³/mol. The number of hydrogen-bond donors (Lipinski definition) is 2. The smallest absolute Gasteiger partial charge is 0.321 e. The van der Waals surface area contributed by atoms with Gasteiger partial charge in [0.05, 0.1) is 0 Å². The molecule has 1 aliphatic heterocycles. The third kappa shape index (κ3) is 3.28. The molecule has 1 saturated heterocycles. The van der Waals surface area contributed by atoms with Crippen LogP contribution in [0.2, 0.25) is 0 Å². The molecule has 1 fully saturated rings. The molecule has 2 heterocycles. The van der Waals surface area contributed by atoms with Crippen molar-refractivity contribution in [2.75, 3.05) is 24.5 Å². The molecule has 0 saturated carbocycles. The van der Waals surface area contributed by atoms with Gasteiger partial charge in [0.2, 0.25) is 0 Å². The molecule has 6 heteroatoms. The van der Waals surface area contributed by atoms with Crippen molar-refractivity contribution in [3.8, 4) is 0 Å². The van der Waals surface area contributed by atoms with Crippen LogP contribution >= 0.6 is 11.3 Å². The minimum absolute atomic E-state index is 0.0898. The second kappa shape index (κ2) is 6.62. The maximum absolute atomic E-state index is 12.1. The van der Waals surface area contributed by atoms with Gasteiger partial charge in [-0.15, -0.1) is 0 Å². The first kappa shape index (κ1) is 14.6. The number of carbonyl (C=O) groups excluding carboxylic acids is 2. The van der Waals surface area contributed by atoms with Crippen molar-refractivity contribution in [2.24, 2.45) is 0 Å². The highest BCUT2D eigenvalue weighted by atomic mass is 32.1. The van der Waals surface area contributed by atoms with Gasteiger partial charge in [0.15, 0.2) is 0 Å². The first-order chi connectivity index (χ1) is 10.7. The molecule has 5 nitrogen and oxygen atoms in total. The molecule has 1 aromatic carbocycles. The lowest BCUT2D eigenvalue weighted by Crippen LogP contribution is -2.28. The van der Waals surface area contributed by atoms with Gasteiger partial charge in [0, 0.05) is 30.9 Å². The van der Waals surface area contributed by atoms with Crippen LogP contribution in [0.3, 0.4) is 0 Å². The number of thiophene rings is 1.